The van der Waals surface area contributed by atoms with Crippen LogP contribution in [0.5, 0.6) is 0 Å². The van der Waals surface area contributed by atoms with Crippen LogP contribution in [0.3, 0.4) is 0 Å². The number of morpholine rings is 1. The Labute approximate surface area is 193 Å². The van der Waals surface area contributed by atoms with E-state index in [1.165, 1.54) is 5.69 Å². The predicted octanol–water partition coefficient (Wildman–Crippen LogP) is 3.84. The highest BCUT2D eigenvalue weighted by Crippen LogP contribution is 2.24. The van der Waals surface area contributed by atoms with E-state index in [2.05, 4.69) is 37.6 Å². The summed E-state index contributed by atoms with van der Waals surface area (Å²) >= 11 is 0. The summed E-state index contributed by atoms with van der Waals surface area (Å²) in [5.74, 6) is 0.441. The van der Waals surface area contributed by atoms with Crippen molar-refractivity contribution in [1.29, 1.82) is 0 Å². The Balaban J connectivity index is 1.23. The van der Waals surface area contributed by atoms with E-state index in [1.54, 1.807) is 6.20 Å². The molecule has 33 heavy (non-hydrogen) atoms. The summed E-state index contributed by atoms with van der Waals surface area (Å²) in [6, 6.07) is 17.8. The van der Waals surface area contributed by atoms with Gasteiger partial charge in [-0.25, -0.2) is 9.97 Å². The van der Waals surface area contributed by atoms with Crippen LogP contribution in [-0.4, -0.2) is 54.9 Å². The number of nitrogens with one attached hydrogen (secondary N) is 2. The van der Waals surface area contributed by atoms with Crippen molar-refractivity contribution in [3.63, 3.8) is 0 Å². The highest BCUT2D eigenvalue weighted by atomic mass is 16.5. The molecule has 8 heteroatoms. The number of rotatable bonds is 6. The number of ether oxygens (including phenoxy) is 2. The van der Waals surface area contributed by atoms with Gasteiger partial charge in [-0.2, -0.15) is 0 Å². The lowest BCUT2D eigenvalue weighted by Gasteiger charge is -2.28. The third-order valence-corrected chi connectivity index (χ3v) is 5.83. The summed E-state index contributed by atoms with van der Waals surface area (Å²) in [6.45, 7) is 4.01. The van der Waals surface area contributed by atoms with Gasteiger partial charge in [0.25, 0.3) is 5.91 Å². The highest BCUT2D eigenvalue weighted by Gasteiger charge is 2.23. The van der Waals surface area contributed by atoms with Crippen molar-refractivity contribution in [2.75, 3.05) is 48.4 Å². The van der Waals surface area contributed by atoms with Crippen molar-refractivity contribution in [1.82, 2.24) is 9.97 Å². The van der Waals surface area contributed by atoms with E-state index in [-0.39, 0.29) is 12.0 Å². The Morgan fingerprint density at radius 3 is 2.42 bits per heavy atom. The molecule has 2 aliphatic heterocycles. The fraction of sp³-hybridized carbons (Fsp3) is 0.320. The predicted molar refractivity (Wildman–Crippen MR) is 128 cm³/mol. The molecule has 0 radical (unpaired) electrons. The molecule has 2 saturated heterocycles. The zero-order valence-electron chi connectivity index (χ0n) is 18.4. The highest BCUT2D eigenvalue weighted by molar-refractivity contribution is 5.94. The second-order valence-corrected chi connectivity index (χ2v) is 8.11. The first-order chi connectivity index (χ1) is 16.2. The molecule has 1 aromatic heterocycles. The van der Waals surface area contributed by atoms with Gasteiger partial charge in [-0.15, -0.1) is 0 Å². The maximum absolute atomic E-state index is 12.2. The van der Waals surface area contributed by atoms with Crippen LogP contribution in [0.15, 0.2) is 60.8 Å². The Morgan fingerprint density at radius 2 is 1.70 bits per heavy atom. The number of nitrogens with zero attached hydrogens (tertiary/aromatic N) is 3. The quantitative estimate of drug-likeness (QED) is 0.596. The molecule has 170 valence electrons. The summed E-state index contributed by atoms with van der Waals surface area (Å²) in [5, 5.41) is 6.19. The van der Waals surface area contributed by atoms with Gasteiger partial charge in [-0.05, 0) is 55.3 Å². The fourth-order valence-corrected chi connectivity index (χ4v) is 4.02. The van der Waals surface area contributed by atoms with E-state index in [0.29, 0.717) is 12.6 Å². The van der Waals surface area contributed by atoms with Crippen molar-refractivity contribution in [2.45, 2.75) is 18.9 Å². The number of benzene rings is 2. The number of hydrogen-bond acceptors (Lipinski definition) is 7. The largest absolute Gasteiger partial charge is 0.378 e. The molecule has 2 N–H and O–H groups in total. The van der Waals surface area contributed by atoms with Gasteiger partial charge in [0.1, 0.15) is 6.10 Å². The zero-order valence-corrected chi connectivity index (χ0v) is 18.4. The molecule has 5 rings (SSSR count). The maximum atomic E-state index is 12.2. The summed E-state index contributed by atoms with van der Waals surface area (Å²) in [5.41, 5.74) is 4.60. The van der Waals surface area contributed by atoms with Gasteiger partial charge in [-0.3, -0.25) is 4.79 Å². The lowest BCUT2D eigenvalue weighted by Crippen LogP contribution is -2.36. The molecule has 1 amide bonds. The number of amides is 1. The molecule has 2 aromatic carbocycles. The second kappa shape index (κ2) is 9.97. The molecular weight excluding hydrogens is 418 g/mol. The average Bonchev–Trinajstić information content (AvgIpc) is 3.41. The number of anilines is 4. The van der Waals surface area contributed by atoms with E-state index in [0.717, 1.165) is 61.8 Å². The van der Waals surface area contributed by atoms with Gasteiger partial charge < -0.3 is 25.0 Å². The lowest BCUT2D eigenvalue weighted by molar-refractivity contribution is -0.124. The third-order valence-electron chi connectivity index (χ3n) is 5.83. The van der Waals surface area contributed by atoms with Crippen molar-refractivity contribution >= 4 is 28.9 Å². The van der Waals surface area contributed by atoms with Gasteiger partial charge in [0.2, 0.25) is 5.95 Å². The number of carbonyl (C=O) groups is 1. The summed E-state index contributed by atoms with van der Waals surface area (Å²) in [6.07, 6.45) is 3.10. The molecule has 0 saturated carbocycles. The van der Waals surface area contributed by atoms with Crippen LogP contribution in [0.25, 0.3) is 11.3 Å². The van der Waals surface area contributed by atoms with Gasteiger partial charge in [-0.1, -0.05) is 12.1 Å². The molecular formula is C25H27N5O3. The van der Waals surface area contributed by atoms with E-state index in [4.69, 9.17) is 9.47 Å². The van der Waals surface area contributed by atoms with Crippen molar-refractivity contribution in [2.24, 2.45) is 0 Å². The van der Waals surface area contributed by atoms with E-state index in [9.17, 15) is 4.79 Å². The molecule has 3 aromatic rings. The topological polar surface area (TPSA) is 88.6 Å². The third kappa shape index (κ3) is 5.30. The van der Waals surface area contributed by atoms with E-state index >= 15 is 0 Å². The standard InChI is InChI=1S/C25H27N5O3/c31-24(23-2-1-15-33-23)27-19-5-3-18(4-6-19)22-11-12-26-25(29-22)28-20-7-9-21(10-8-20)30-13-16-32-17-14-30/h3-12,23H,1-2,13-17H2,(H,27,31)(H,26,28,29). The van der Waals surface area contributed by atoms with Crippen LogP contribution in [0.4, 0.5) is 23.0 Å². The van der Waals surface area contributed by atoms with E-state index < -0.39 is 0 Å². The normalized spacial score (nSPS) is 18.2. The Bertz CT molecular complexity index is 1080. The summed E-state index contributed by atoms with van der Waals surface area (Å²) in [7, 11) is 0. The number of carbonyl (C=O) groups excluding carboxylic acids is 1. The van der Waals surface area contributed by atoms with Crippen molar-refractivity contribution in [3.05, 3.63) is 60.8 Å². The number of aromatic nitrogens is 2. The van der Waals surface area contributed by atoms with Crippen LogP contribution in [-0.2, 0) is 14.3 Å². The van der Waals surface area contributed by atoms with Crippen molar-refractivity contribution in [3.8, 4) is 11.3 Å². The molecule has 8 nitrogen and oxygen atoms in total. The van der Waals surface area contributed by atoms with Gasteiger partial charge in [0.05, 0.1) is 18.9 Å². The van der Waals surface area contributed by atoms with E-state index in [1.807, 2.05) is 42.5 Å². The number of hydrogen-bond donors (Lipinski definition) is 2. The van der Waals surface area contributed by atoms with Crippen LogP contribution in [0, 0.1) is 0 Å². The fourth-order valence-electron chi connectivity index (χ4n) is 4.02. The average molecular weight is 446 g/mol. The van der Waals surface area contributed by atoms with Gasteiger partial charge in [0, 0.05) is 48.5 Å². The minimum Gasteiger partial charge on any atom is -0.378 e. The second-order valence-electron chi connectivity index (χ2n) is 8.11. The molecule has 0 aliphatic carbocycles. The molecule has 3 heterocycles. The smallest absolute Gasteiger partial charge is 0.253 e. The molecule has 2 fully saturated rings. The maximum Gasteiger partial charge on any atom is 0.253 e. The van der Waals surface area contributed by atoms with Crippen LogP contribution in [0.2, 0.25) is 0 Å². The molecule has 0 bridgehead atoms. The zero-order chi connectivity index (χ0) is 22.5. The lowest BCUT2D eigenvalue weighted by atomic mass is 10.1. The first-order valence-electron chi connectivity index (χ1n) is 11.3. The molecule has 1 atom stereocenters. The van der Waals surface area contributed by atoms with Gasteiger partial charge >= 0.3 is 0 Å². The Kier molecular flexibility index (Phi) is 6.46. The Hall–Kier alpha value is -3.49. The van der Waals surface area contributed by atoms with Crippen LogP contribution < -0.4 is 15.5 Å². The summed E-state index contributed by atoms with van der Waals surface area (Å²) in [4.78, 5) is 23.5. The van der Waals surface area contributed by atoms with Crippen molar-refractivity contribution < 1.29 is 14.3 Å². The molecule has 1 unspecified atom stereocenters. The first-order valence-corrected chi connectivity index (χ1v) is 11.3. The summed E-state index contributed by atoms with van der Waals surface area (Å²) < 4.78 is 10.9. The molecule has 2 aliphatic rings. The SMILES string of the molecule is O=C(Nc1ccc(-c2ccnc(Nc3ccc(N4CCOCC4)cc3)n2)cc1)C1CCCO1. The Morgan fingerprint density at radius 1 is 0.939 bits per heavy atom. The molecule has 0 spiro atoms. The monoisotopic (exact) mass is 445 g/mol. The first kappa shape index (κ1) is 21.4. The van der Waals surface area contributed by atoms with Crippen LogP contribution in [0.1, 0.15) is 12.8 Å². The minimum absolute atomic E-state index is 0.0894. The minimum atomic E-state index is -0.344. The van der Waals surface area contributed by atoms with Crippen LogP contribution >= 0.6 is 0 Å². The van der Waals surface area contributed by atoms with Gasteiger partial charge in [0.15, 0.2) is 0 Å².